The molecule has 0 bridgehead atoms. The minimum Gasteiger partial charge on any atom is -0.342 e. The highest BCUT2D eigenvalue weighted by Gasteiger charge is 2.45. The molecule has 26 heteroatoms. The summed E-state index contributed by atoms with van der Waals surface area (Å²) < 4.78 is 11.1. The predicted octanol–water partition coefficient (Wildman–Crippen LogP) is 15.4. The molecule has 6 N–H and O–H groups in total. The Labute approximate surface area is 681 Å². The molecule has 9 heterocycles. The van der Waals surface area contributed by atoms with Crippen molar-refractivity contribution in [1.29, 1.82) is 0 Å². The van der Waals surface area contributed by atoms with Crippen LogP contribution in [0.5, 0.6) is 0 Å². The van der Waals surface area contributed by atoms with Crippen molar-refractivity contribution in [1.82, 2.24) is 14.7 Å². The summed E-state index contributed by atoms with van der Waals surface area (Å²) in [5.41, 5.74) is 15.5. The highest BCUT2D eigenvalue weighted by Crippen LogP contribution is 2.49. The second kappa shape index (κ2) is 36.1. The molecule has 3 amide bonds. The number of aromatic nitrogens is 6. The van der Waals surface area contributed by atoms with E-state index in [2.05, 4.69) is 110 Å². The van der Waals surface area contributed by atoms with Gasteiger partial charge in [-0.1, -0.05) is 91.2 Å². The Hall–Kier alpha value is -7.22. The second-order valence-corrected chi connectivity index (χ2v) is 33.2. The van der Waals surface area contributed by atoms with E-state index >= 15 is 0 Å². The maximum atomic E-state index is 13.0. The van der Waals surface area contributed by atoms with E-state index in [4.69, 9.17) is 34.8 Å². The lowest BCUT2D eigenvalue weighted by Gasteiger charge is -2.36. The van der Waals surface area contributed by atoms with Crippen LogP contribution in [0.2, 0.25) is 15.1 Å². The number of carbonyl (C=O) groups is 3. The first kappa shape index (κ1) is 82.3. The predicted molar refractivity (Wildman–Crippen MR) is 424 cm³/mol. The number of nitrogens with zero attached hydrogens (tertiary/aromatic N) is 9. The average Bonchev–Trinajstić information content (AvgIpc) is 1.74. The number of aryl methyl sites for hydroxylation is 3. The highest BCUT2D eigenvalue weighted by molar-refractivity contribution is 9.11. The first-order valence-electron chi connectivity index (χ1n) is 34.6. The quantitative estimate of drug-likeness (QED) is 0.0600. The Morgan fingerprint density at radius 2 is 0.794 bits per heavy atom. The molecular formula is C81H89Br5Cl3N9O9+6. The van der Waals surface area contributed by atoms with Gasteiger partial charge in [-0.2, -0.15) is 0 Å². The molecule has 0 unspecified atom stereocenters. The Morgan fingerprint density at radius 1 is 0.411 bits per heavy atom. The van der Waals surface area contributed by atoms with Crippen molar-refractivity contribution in [3.8, 4) is 0 Å². The lowest BCUT2D eigenvalue weighted by Crippen LogP contribution is -2.44. The maximum absolute atomic E-state index is 13.0. The molecule has 0 saturated carbocycles. The van der Waals surface area contributed by atoms with Crippen LogP contribution in [0.3, 0.4) is 0 Å². The molecular weight excluding hydrogens is 1750 g/mol. The molecule has 107 heavy (non-hydrogen) atoms. The van der Waals surface area contributed by atoms with Crippen LogP contribution in [-0.4, -0.2) is 103 Å². The SMILES string of the molecule is C.C.C.O=C(Cc1cc[n+](O)cc1)N1CCC([C@@H]2c3ccc(Cl)c(Br)c3CCc3cc(Br)c[n+](O)c32)CC1.O=C(Cc1cc[n+](O)cc1)N1CCC([C@H]2c3c(Br)cc(Cl)cc3CCc3cc(Br)c[n+](O)c32)CC1.O=C(Cc1cc[n+](O)cc1)N1CCC([C@H]2c3ccc(Cl)cc3C=Cc3cc(Br)c[n+](O)c32)CC1. The third-order valence-electron chi connectivity index (χ3n) is 21.2. The Kier molecular flexibility index (Phi) is 27.7. The zero-order valence-corrected chi connectivity index (χ0v) is 66.6. The summed E-state index contributed by atoms with van der Waals surface area (Å²) in [6.07, 6.45) is 27.6. The maximum Gasteiger partial charge on any atom is 0.249 e. The van der Waals surface area contributed by atoms with Gasteiger partial charge in [0.1, 0.15) is 0 Å². The van der Waals surface area contributed by atoms with Gasteiger partial charge in [0.05, 0.1) is 55.5 Å². The number of amides is 3. The summed E-state index contributed by atoms with van der Waals surface area (Å²) in [5.74, 6) is 1.02. The number of carbonyl (C=O) groups excluding carboxylic acids is 3. The van der Waals surface area contributed by atoms with E-state index in [1.807, 2.05) is 57.2 Å². The summed E-state index contributed by atoms with van der Waals surface area (Å²) in [4.78, 5) is 44.6. The molecule has 18 nitrogen and oxygen atoms in total. The van der Waals surface area contributed by atoms with Crippen LogP contribution >= 0.6 is 114 Å². The fourth-order valence-corrected chi connectivity index (χ4v) is 19.6. The minimum atomic E-state index is -0.0262. The van der Waals surface area contributed by atoms with Gasteiger partial charge in [-0.3, -0.25) is 45.6 Å². The minimum absolute atomic E-state index is 0. The number of fused-ring (bicyclic) bond motifs is 6. The third kappa shape index (κ3) is 18.8. The van der Waals surface area contributed by atoms with E-state index in [-0.39, 0.29) is 75.5 Å². The van der Waals surface area contributed by atoms with Crippen LogP contribution in [0.15, 0.2) is 175 Å². The molecule has 15 rings (SSSR count). The van der Waals surface area contributed by atoms with Gasteiger partial charge < -0.3 is 14.7 Å². The molecule has 3 saturated heterocycles. The number of halogens is 8. The monoisotopic (exact) mass is 1830 g/mol. The van der Waals surface area contributed by atoms with Crippen LogP contribution in [-0.2, 0) is 59.3 Å². The standard InChI is InChI=1S/2C26H26Br2ClN3O3.C26H25BrClN3O3.3CH4/c27-20-12-19-2-1-18-13-21(29)14-22(28)24(18)25(26(19)32(35)15-20)17-5-7-30(8-6-17)23(33)11-16-3-9-31(34)10-4-16;27-19-14-18-1-2-21-20(3-4-22(29)25(21)28)24(26(18)32(35)15-19)17-7-9-30(10-8-17)23(33)13-16-5-11-31(34)12-6-16;27-21-14-20-2-1-19-15-22(28)3-4-23(19)25(26(20)31(34)16-21)18-7-9-29(10-8-18)24(32)13-17-5-11-30(33)12-6-17;;;/h3-4,9-10,12-15,17,25,34-35H,1-2,5-8,11H2;3-6,11-12,14-15,17,24,34-35H,1-2,7-10,13H2;1-6,11-12,14-16,18,25,33-34H,7-10,13H2;3*1H4/q3*+2;;;/t25-;24-;25-;;;/m010.../s1. The topological polar surface area (TPSA) is 206 Å². The van der Waals surface area contributed by atoms with Gasteiger partial charge >= 0.3 is 0 Å². The van der Waals surface area contributed by atoms with Crippen molar-refractivity contribution in [3.63, 3.8) is 0 Å². The Bertz CT molecular complexity index is 4710. The summed E-state index contributed by atoms with van der Waals surface area (Å²) in [6, 6.07) is 30.7. The molecule has 6 aromatic heterocycles. The van der Waals surface area contributed by atoms with Gasteiger partial charge in [-0.15, -0.1) is 0 Å². The van der Waals surface area contributed by atoms with Gasteiger partial charge in [0.15, 0.2) is 0 Å². The molecule has 0 radical (unpaired) electrons. The van der Waals surface area contributed by atoms with Crippen LogP contribution in [0, 0.1) is 17.8 Å². The molecule has 6 aliphatic rings. The molecule has 3 aliphatic carbocycles. The molecule has 3 fully saturated rings. The van der Waals surface area contributed by atoms with Crippen molar-refractivity contribution in [2.24, 2.45) is 17.8 Å². The molecule has 0 spiro atoms. The highest BCUT2D eigenvalue weighted by atomic mass is 79.9. The molecule has 3 atom stereocenters. The lowest BCUT2D eigenvalue weighted by molar-refractivity contribution is -0.911. The third-order valence-corrected chi connectivity index (χ3v) is 25.1. The number of benzene rings is 3. The van der Waals surface area contributed by atoms with E-state index in [1.165, 1.54) is 73.6 Å². The van der Waals surface area contributed by atoms with Gasteiger partial charge in [0.25, 0.3) is 0 Å². The summed E-state index contributed by atoms with van der Waals surface area (Å²) >= 11 is 37.2. The zero-order chi connectivity index (χ0) is 73.2. The van der Waals surface area contributed by atoms with Crippen molar-refractivity contribution in [2.75, 3.05) is 39.3 Å². The van der Waals surface area contributed by atoms with Gasteiger partial charge in [0, 0.05) is 140 Å². The van der Waals surface area contributed by atoms with Crippen LogP contribution in [0.25, 0.3) is 12.2 Å². The first-order chi connectivity index (χ1) is 50.0. The van der Waals surface area contributed by atoms with Crippen LogP contribution in [0.4, 0.5) is 0 Å². The van der Waals surface area contributed by atoms with Gasteiger partial charge in [-0.05, 0) is 250 Å². The van der Waals surface area contributed by atoms with E-state index < -0.39 is 0 Å². The Balaban J connectivity index is 0.000000169. The largest absolute Gasteiger partial charge is 0.342 e. The van der Waals surface area contributed by atoms with Crippen LogP contribution < -0.4 is 28.4 Å². The van der Waals surface area contributed by atoms with E-state index in [1.54, 1.807) is 55.0 Å². The fraction of sp³-hybridized carbons (Fsp3) is 0.346. The van der Waals surface area contributed by atoms with Crippen molar-refractivity contribution in [3.05, 3.63) is 274 Å². The van der Waals surface area contributed by atoms with Crippen LogP contribution in [0.1, 0.15) is 162 Å². The van der Waals surface area contributed by atoms with E-state index in [0.29, 0.717) is 73.6 Å². The first-order valence-corrected chi connectivity index (χ1v) is 39.7. The van der Waals surface area contributed by atoms with Crippen molar-refractivity contribution in [2.45, 2.75) is 124 Å². The zero-order valence-electron chi connectivity index (χ0n) is 56.4. The molecule has 3 aliphatic heterocycles. The summed E-state index contributed by atoms with van der Waals surface area (Å²) in [5, 5.41) is 63.2. The summed E-state index contributed by atoms with van der Waals surface area (Å²) in [6.45, 7) is 4.03. The fourth-order valence-electron chi connectivity index (χ4n) is 16.2. The number of rotatable bonds is 9. The summed E-state index contributed by atoms with van der Waals surface area (Å²) in [7, 11) is 0. The average molecular weight is 1840 g/mol. The van der Waals surface area contributed by atoms with Gasteiger partial charge in [-0.25, -0.2) is 0 Å². The number of likely N-dealkylation sites (tertiary alicyclic amines) is 3. The molecule has 562 valence electrons. The lowest BCUT2D eigenvalue weighted by atomic mass is 9.76. The smallest absolute Gasteiger partial charge is 0.249 e. The normalized spacial score (nSPS) is 17.4. The molecule has 9 aromatic rings. The molecule has 3 aromatic carbocycles. The number of piperidine rings is 3. The number of hydrogen-bond donors (Lipinski definition) is 6. The van der Waals surface area contributed by atoms with E-state index in [0.717, 1.165) is 162 Å². The Morgan fingerprint density at radius 3 is 1.26 bits per heavy atom. The van der Waals surface area contributed by atoms with E-state index in [9.17, 15) is 45.6 Å². The number of pyridine rings is 6. The van der Waals surface area contributed by atoms with Gasteiger partial charge in [0.2, 0.25) is 90.6 Å². The second-order valence-electron chi connectivity index (χ2n) is 27.5. The number of hydrogen-bond acceptors (Lipinski definition) is 9. The van der Waals surface area contributed by atoms with Crippen molar-refractivity contribution < 1.29 is 74.0 Å². The van der Waals surface area contributed by atoms with Crippen molar-refractivity contribution >= 4 is 144 Å².